The number of aliphatic imine (C=N–C) groups is 1. The molecule has 136 valence electrons. The van der Waals surface area contributed by atoms with Gasteiger partial charge in [0.25, 0.3) is 0 Å². The number of ether oxygens (including phenoxy) is 1. The molecule has 0 bridgehead atoms. The standard InChI is InChI=1S/C18H23ClN4O.HI/c1-3-15(24-17-10-5-4-9-16(17)19)13-23-18(20-2)22-12-14-8-6-7-11-21-14;/h4-11,15H,3,12-13H2,1-2H3,(H2,20,22,23);1H. The van der Waals surface area contributed by atoms with E-state index in [1.54, 1.807) is 13.2 Å². The van der Waals surface area contributed by atoms with E-state index >= 15 is 0 Å². The monoisotopic (exact) mass is 474 g/mol. The summed E-state index contributed by atoms with van der Waals surface area (Å²) in [5, 5.41) is 7.13. The van der Waals surface area contributed by atoms with Gasteiger partial charge in [0.1, 0.15) is 11.9 Å². The Morgan fingerprint density at radius 1 is 1.20 bits per heavy atom. The summed E-state index contributed by atoms with van der Waals surface area (Å²) in [6.07, 6.45) is 2.63. The molecule has 2 N–H and O–H groups in total. The molecule has 0 aliphatic heterocycles. The predicted molar refractivity (Wildman–Crippen MR) is 114 cm³/mol. The average molecular weight is 475 g/mol. The van der Waals surface area contributed by atoms with Crippen molar-refractivity contribution >= 4 is 41.5 Å². The van der Waals surface area contributed by atoms with Crippen LogP contribution < -0.4 is 15.4 Å². The lowest BCUT2D eigenvalue weighted by atomic mass is 10.2. The molecule has 1 unspecified atom stereocenters. The minimum atomic E-state index is -0.00157. The number of benzene rings is 1. The average Bonchev–Trinajstić information content (AvgIpc) is 2.63. The molecule has 0 spiro atoms. The summed E-state index contributed by atoms with van der Waals surface area (Å²) in [5.41, 5.74) is 0.958. The van der Waals surface area contributed by atoms with E-state index in [1.807, 2.05) is 42.5 Å². The Labute approximate surface area is 171 Å². The number of hydrogen-bond donors (Lipinski definition) is 2. The van der Waals surface area contributed by atoms with E-state index in [1.165, 1.54) is 0 Å². The SMILES string of the molecule is CCC(CNC(=NC)NCc1ccccn1)Oc1ccccc1Cl.I. The zero-order valence-corrected chi connectivity index (χ0v) is 17.5. The Morgan fingerprint density at radius 2 is 1.96 bits per heavy atom. The minimum Gasteiger partial charge on any atom is -0.487 e. The molecule has 1 heterocycles. The molecule has 1 atom stereocenters. The highest BCUT2D eigenvalue weighted by atomic mass is 127. The molecule has 0 aliphatic rings. The Balaban J connectivity index is 0.00000312. The number of nitrogens with one attached hydrogen (secondary N) is 2. The number of rotatable bonds is 7. The van der Waals surface area contributed by atoms with E-state index in [0.717, 1.165) is 12.1 Å². The molecule has 0 radical (unpaired) electrons. The minimum absolute atomic E-state index is 0. The quantitative estimate of drug-likeness (QED) is 0.363. The highest BCUT2D eigenvalue weighted by Gasteiger charge is 2.11. The first kappa shape index (κ1) is 21.5. The van der Waals surface area contributed by atoms with Crippen molar-refractivity contribution in [2.75, 3.05) is 13.6 Å². The number of nitrogens with zero attached hydrogens (tertiary/aromatic N) is 2. The van der Waals surface area contributed by atoms with Gasteiger partial charge in [-0.3, -0.25) is 9.98 Å². The van der Waals surface area contributed by atoms with Crippen LogP contribution in [0, 0.1) is 0 Å². The number of para-hydroxylation sites is 1. The van der Waals surface area contributed by atoms with E-state index in [0.29, 0.717) is 29.8 Å². The van der Waals surface area contributed by atoms with Crippen molar-refractivity contribution in [1.82, 2.24) is 15.6 Å². The van der Waals surface area contributed by atoms with Gasteiger partial charge in [-0.25, -0.2) is 0 Å². The van der Waals surface area contributed by atoms with Gasteiger partial charge in [-0.05, 0) is 30.7 Å². The smallest absolute Gasteiger partial charge is 0.191 e. The molecule has 7 heteroatoms. The van der Waals surface area contributed by atoms with Gasteiger partial charge in [-0.2, -0.15) is 0 Å². The predicted octanol–water partition coefficient (Wildman–Crippen LogP) is 3.88. The summed E-state index contributed by atoms with van der Waals surface area (Å²) in [6, 6.07) is 13.3. The third-order valence-corrected chi connectivity index (χ3v) is 3.78. The Hall–Kier alpha value is -1.54. The van der Waals surface area contributed by atoms with Crippen LogP contribution in [0.25, 0.3) is 0 Å². The maximum atomic E-state index is 6.14. The molecule has 0 aliphatic carbocycles. The van der Waals surface area contributed by atoms with Gasteiger partial charge in [-0.1, -0.05) is 36.7 Å². The van der Waals surface area contributed by atoms with Crippen molar-refractivity contribution in [2.24, 2.45) is 4.99 Å². The highest BCUT2D eigenvalue weighted by Crippen LogP contribution is 2.24. The molecule has 2 aromatic rings. The molecule has 5 nitrogen and oxygen atoms in total. The van der Waals surface area contributed by atoms with E-state index in [-0.39, 0.29) is 30.1 Å². The molecule has 0 saturated carbocycles. The van der Waals surface area contributed by atoms with Gasteiger partial charge < -0.3 is 15.4 Å². The maximum Gasteiger partial charge on any atom is 0.191 e. The van der Waals surface area contributed by atoms with Crippen LogP contribution in [0.15, 0.2) is 53.7 Å². The van der Waals surface area contributed by atoms with Gasteiger partial charge in [0.15, 0.2) is 5.96 Å². The van der Waals surface area contributed by atoms with Crippen LogP contribution in [-0.2, 0) is 6.54 Å². The fourth-order valence-corrected chi connectivity index (χ4v) is 2.28. The summed E-state index contributed by atoms with van der Waals surface area (Å²) in [7, 11) is 1.74. The third kappa shape index (κ3) is 7.48. The van der Waals surface area contributed by atoms with E-state index in [9.17, 15) is 0 Å². The van der Waals surface area contributed by atoms with Crippen molar-refractivity contribution in [3.8, 4) is 5.75 Å². The Kier molecular flexibility index (Phi) is 10.3. The van der Waals surface area contributed by atoms with Gasteiger partial charge in [-0.15, -0.1) is 24.0 Å². The fraction of sp³-hybridized carbons (Fsp3) is 0.333. The lowest BCUT2D eigenvalue weighted by Gasteiger charge is -2.20. The first-order valence-corrected chi connectivity index (χ1v) is 8.36. The molecule has 1 aromatic carbocycles. The molecule has 0 saturated heterocycles. The molecule has 25 heavy (non-hydrogen) atoms. The van der Waals surface area contributed by atoms with E-state index < -0.39 is 0 Å². The zero-order chi connectivity index (χ0) is 17.2. The summed E-state index contributed by atoms with van der Waals surface area (Å²) in [5.74, 6) is 1.41. The van der Waals surface area contributed by atoms with Crippen LogP contribution >= 0.6 is 35.6 Å². The topological polar surface area (TPSA) is 58.5 Å². The summed E-state index contributed by atoms with van der Waals surface area (Å²) < 4.78 is 5.96. The third-order valence-electron chi connectivity index (χ3n) is 3.47. The summed E-state index contributed by atoms with van der Waals surface area (Å²) >= 11 is 6.14. The van der Waals surface area contributed by atoms with Crippen LogP contribution in [-0.4, -0.2) is 30.6 Å². The molecule has 2 rings (SSSR count). The maximum absolute atomic E-state index is 6.14. The molecule has 1 aromatic heterocycles. The normalized spacial score (nSPS) is 12.0. The van der Waals surface area contributed by atoms with Crippen LogP contribution in [0.4, 0.5) is 0 Å². The second kappa shape index (κ2) is 11.9. The first-order valence-electron chi connectivity index (χ1n) is 7.98. The second-order valence-electron chi connectivity index (χ2n) is 5.21. The van der Waals surface area contributed by atoms with E-state index in [4.69, 9.17) is 16.3 Å². The van der Waals surface area contributed by atoms with Crippen LogP contribution in [0.3, 0.4) is 0 Å². The fourth-order valence-electron chi connectivity index (χ4n) is 2.10. The Morgan fingerprint density at radius 3 is 2.60 bits per heavy atom. The lowest BCUT2D eigenvalue weighted by molar-refractivity contribution is 0.199. The van der Waals surface area contributed by atoms with Gasteiger partial charge in [0.05, 0.1) is 23.8 Å². The van der Waals surface area contributed by atoms with Crippen molar-refractivity contribution in [3.05, 3.63) is 59.4 Å². The van der Waals surface area contributed by atoms with Crippen molar-refractivity contribution in [3.63, 3.8) is 0 Å². The number of aromatic nitrogens is 1. The summed E-state index contributed by atoms with van der Waals surface area (Å²) in [4.78, 5) is 8.50. The van der Waals surface area contributed by atoms with Crippen molar-refractivity contribution in [2.45, 2.75) is 26.0 Å². The zero-order valence-electron chi connectivity index (χ0n) is 14.4. The number of guanidine groups is 1. The summed E-state index contributed by atoms with van der Waals surface area (Å²) in [6.45, 7) is 3.32. The Bertz CT molecular complexity index is 655. The van der Waals surface area contributed by atoms with Crippen LogP contribution in [0.2, 0.25) is 5.02 Å². The van der Waals surface area contributed by atoms with Crippen LogP contribution in [0.1, 0.15) is 19.0 Å². The molecular weight excluding hydrogens is 451 g/mol. The van der Waals surface area contributed by atoms with Gasteiger partial charge in [0, 0.05) is 13.2 Å². The van der Waals surface area contributed by atoms with Crippen LogP contribution in [0.5, 0.6) is 5.75 Å². The van der Waals surface area contributed by atoms with Gasteiger partial charge in [0.2, 0.25) is 0 Å². The number of pyridine rings is 1. The van der Waals surface area contributed by atoms with Crippen molar-refractivity contribution in [1.29, 1.82) is 0 Å². The largest absolute Gasteiger partial charge is 0.487 e. The molecule has 0 fully saturated rings. The highest BCUT2D eigenvalue weighted by molar-refractivity contribution is 14.0. The number of halogens is 2. The van der Waals surface area contributed by atoms with Gasteiger partial charge >= 0.3 is 0 Å². The molecular formula is C18H24ClIN4O. The van der Waals surface area contributed by atoms with Crippen molar-refractivity contribution < 1.29 is 4.74 Å². The van der Waals surface area contributed by atoms with E-state index in [2.05, 4.69) is 27.5 Å². The lowest BCUT2D eigenvalue weighted by Crippen LogP contribution is -2.42. The first-order chi connectivity index (χ1) is 11.7. The number of hydrogen-bond acceptors (Lipinski definition) is 3. The molecule has 0 amide bonds. The second-order valence-corrected chi connectivity index (χ2v) is 5.61.